The van der Waals surface area contributed by atoms with Gasteiger partial charge in [-0.25, -0.2) is 17.9 Å². The first-order valence-corrected chi connectivity index (χ1v) is 12.4. The van der Waals surface area contributed by atoms with Crippen LogP contribution < -0.4 is 24.4 Å². The van der Waals surface area contributed by atoms with Crippen molar-refractivity contribution in [2.45, 2.75) is 17.4 Å². The average Bonchev–Trinajstić information content (AvgIpc) is 3.31. The molecule has 4 rings (SSSR count). The molecule has 0 spiro atoms. The minimum atomic E-state index is -4.18. The first kappa shape index (κ1) is 24.4. The summed E-state index contributed by atoms with van der Waals surface area (Å²) < 4.78 is 37.8. The molecule has 1 aliphatic heterocycles. The van der Waals surface area contributed by atoms with Crippen molar-refractivity contribution in [3.8, 4) is 11.5 Å². The van der Waals surface area contributed by atoms with E-state index < -0.39 is 28.0 Å². The van der Waals surface area contributed by atoms with Gasteiger partial charge in [0.15, 0.2) is 11.5 Å². The van der Waals surface area contributed by atoms with Gasteiger partial charge in [-0.1, -0.05) is 41.9 Å². The quantitative estimate of drug-likeness (QED) is 0.499. The number of anilines is 1. The number of amides is 3. The maximum atomic E-state index is 13.4. The number of nitrogens with zero attached hydrogens (tertiary/aromatic N) is 1. The van der Waals surface area contributed by atoms with Crippen molar-refractivity contribution < 1.29 is 27.5 Å². The fourth-order valence-electron chi connectivity index (χ4n) is 3.49. The van der Waals surface area contributed by atoms with Gasteiger partial charge in [0.05, 0.1) is 4.90 Å². The van der Waals surface area contributed by atoms with Crippen molar-refractivity contribution in [2.24, 2.45) is 0 Å². The van der Waals surface area contributed by atoms with Crippen LogP contribution in [0.15, 0.2) is 77.7 Å². The Kier molecular flexibility index (Phi) is 7.13. The highest BCUT2D eigenvalue weighted by Crippen LogP contribution is 2.35. The van der Waals surface area contributed by atoms with Gasteiger partial charge in [0.2, 0.25) is 12.7 Å². The molecule has 0 fully saturated rings. The van der Waals surface area contributed by atoms with E-state index in [1.165, 1.54) is 29.2 Å². The van der Waals surface area contributed by atoms with Crippen LogP contribution in [0.5, 0.6) is 11.5 Å². The number of urea groups is 1. The van der Waals surface area contributed by atoms with Gasteiger partial charge in [-0.2, -0.15) is 0 Å². The molecule has 0 saturated heterocycles. The molecule has 0 radical (unpaired) electrons. The Morgan fingerprint density at radius 1 is 1.00 bits per heavy atom. The fraction of sp³-hybridized carbons (Fsp3) is 0.167. The normalized spacial score (nSPS) is 13.1. The highest BCUT2D eigenvalue weighted by Gasteiger charge is 2.28. The molecule has 1 atom stereocenters. The van der Waals surface area contributed by atoms with Crippen LogP contribution in [0.2, 0.25) is 5.02 Å². The topological polar surface area (TPSA) is 114 Å². The summed E-state index contributed by atoms with van der Waals surface area (Å²) in [7, 11) is -2.62. The Morgan fingerprint density at radius 3 is 2.40 bits per heavy atom. The minimum absolute atomic E-state index is 0.0941. The summed E-state index contributed by atoms with van der Waals surface area (Å²) in [6.07, 6.45) is 0.142. The summed E-state index contributed by atoms with van der Waals surface area (Å²) in [6.45, 7) is 0.0941. The standard InChI is InChI=1S/C24H22ClN3O6S/c1-28(18-9-12-21-22(14-18)34-15-33-21)23(29)20(13-16-5-3-2-4-6-16)26-24(30)27-35(31,32)19-10-7-17(25)8-11-19/h2-12,14,20H,13,15H2,1H3,(H2,26,27,30)/t20-/m0/s1. The largest absolute Gasteiger partial charge is 0.454 e. The Bertz CT molecular complexity index is 1330. The summed E-state index contributed by atoms with van der Waals surface area (Å²) in [4.78, 5) is 27.3. The molecule has 3 aromatic carbocycles. The molecule has 35 heavy (non-hydrogen) atoms. The third-order valence-electron chi connectivity index (χ3n) is 5.31. The number of hydrogen-bond acceptors (Lipinski definition) is 6. The van der Waals surface area contributed by atoms with Gasteiger partial charge >= 0.3 is 6.03 Å². The molecule has 1 heterocycles. The summed E-state index contributed by atoms with van der Waals surface area (Å²) in [6, 6.07) is 17.4. The number of benzene rings is 3. The monoisotopic (exact) mass is 515 g/mol. The van der Waals surface area contributed by atoms with Crippen LogP contribution in [0.25, 0.3) is 0 Å². The van der Waals surface area contributed by atoms with Crippen LogP contribution in [-0.4, -0.2) is 40.2 Å². The Morgan fingerprint density at radius 2 is 1.69 bits per heavy atom. The fourth-order valence-corrected chi connectivity index (χ4v) is 4.53. The van der Waals surface area contributed by atoms with Gasteiger partial charge in [-0.15, -0.1) is 0 Å². The number of fused-ring (bicyclic) bond motifs is 1. The number of sulfonamides is 1. The van der Waals surface area contributed by atoms with Crippen molar-refractivity contribution in [2.75, 3.05) is 18.7 Å². The second kappa shape index (κ2) is 10.2. The van der Waals surface area contributed by atoms with Crippen molar-refractivity contribution in [1.29, 1.82) is 0 Å². The number of nitrogens with one attached hydrogen (secondary N) is 2. The predicted octanol–water partition coefficient (Wildman–Crippen LogP) is 3.33. The van der Waals surface area contributed by atoms with Gasteiger partial charge in [-0.05, 0) is 42.0 Å². The van der Waals surface area contributed by atoms with E-state index in [0.717, 1.165) is 5.56 Å². The van der Waals surface area contributed by atoms with E-state index in [4.69, 9.17) is 21.1 Å². The van der Waals surface area contributed by atoms with Gasteiger partial charge in [-0.3, -0.25) is 4.79 Å². The number of hydrogen-bond donors (Lipinski definition) is 2. The number of carbonyl (C=O) groups excluding carboxylic acids is 2. The van der Waals surface area contributed by atoms with E-state index in [0.29, 0.717) is 22.2 Å². The molecule has 1 aliphatic rings. The molecule has 0 unspecified atom stereocenters. The SMILES string of the molecule is CN(C(=O)[C@H](Cc1ccccc1)NC(=O)NS(=O)(=O)c1ccc(Cl)cc1)c1ccc2c(c1)OCO2. The average molecular weight is 516 g/mol. The molecule has 3 aromatic rings. The molecule has 9 nitrogen and oxygen atoms in total. The van der Waals surface area contributed by atoms with Crippen LogP contribution in [0.3, 0.4) is 0 Å². The van der Waals surface area contributed by atoms with Gasteiger partial charge in [0.25, 0.3) is 10.0 Å². The number of carbonyl (C=O) groups is 2. The van der Waals surface area contributed by atoms with E-state index in [1.807, 2.05) is 35.1 Å². The van der Waals surface area contributed by atoms with Gasteiger partial charge in [0.1, 0.15) is 6.04 Å². The highest BCUT2D eigenvalue weighted by atomic mass is 35.5. The summed E-state index contributed by atoms with van der Waals surface area (Å²) in [5.74, 6) is 0.619. The lowest BCUT2D eigenvalue weighted by atomic mass is 10.0. The van der Waals surface area contributed by atoms with Crippen molar-refractivity contribution in [3.63, 3.8) is 0 Å². The maximum absolute atomic E-state index is 13.4. The molecule has 11 heteroatoms. The summed E-state index contributed by atoms with van der Waals surface area (Å²) in [5, 5.41) is 2.86. The molecule has 3 amide bonds. The first-order chi connectivity index (χ1) is 16.7. The number of ether oxygens (including phenoxy) is 2. The summed E-state index contributed by atoms with van der Waals surface area (Å²) in [5.41, 5.74) is 1.30. The number of likely N-dealkylation sites (N-methyl/N-ethyl adjacent to an activating group) is 1. The zero-order valence-electron chi connectivity index (χ0n) is 18.6. The Hall–Kier alpha value is -3.76. The Balaban J connectivity index is 1.53. The van der Waals surface area contributed by atoms with Crippen molar-refractivity contribution >= 4 is 39.2 Å². The van der Waals surface area contributed by atoms with E-state index >= 15 is 0 Å². The zero-order valence-corrected chi connectivity index (χ0v) is 20.2. The molecule has 182 valence electrons. The molecule has 0 aromatic heterocycles. The molecule has 2 N–H and O–H groups in total. The molecule has 0 saturated carbocycles. The van der Waals surface area contributed by atoms with E-state index in [2.05, 4.69) is 5.32 Å². The third kappa shape index (κ3) is 5.84. The smallest absolute Gasteiger partial charge is 0.329 e. The maximum Gasteiger partial charge on any atom is 0.329 e. The Labute approximate surface area is 207 Å². The summed E-state index contributed by atoms with van der Waals surface area (Å²) >= 11 is 5.81. The second-order valence-corrected chi connectivity index (χ2v) is 9.83. The van der Waals surface area contributed by atoms with Gasteiger partial charge < -0.3 is 19.7 Å². The van der Waals surface area contributed by atoms with E-state index in [9.17, 15) is 18.0 Å². The van der Waals surface area contributed by atoms with Crippen LogP contribution >= 0.6 is 11.6 Å². The molecule has 0 bridgehead atoms. The third-order valence-corrected chi connectivity index (χ3v) is 6.91. The van der Waals surface area contributed by atoms with E-state index in [1.54, 1.807) is 25.2 Å². The number of halogens is 1. The lowest BCUT2D eigenvalue weighted by Gasteiger charge is -2.25. The first-order valence-electron chi connectivity index (χ1n) is 10.5. The second-order valence-electron chi connectivity index (χ2n) is 7.71. The zero-order chi connectivity index (χ0) is 25.0. The molecule has 0 aliphatic carbocycles. The van der Waals surface area contributed by atoms with Crippen LogP contribution in [0.4, 0.5) is 10.5 Å². The predicted molar refractivity (Wildman–Crippen MR) is 130 cm³/mol. The lowest BCUT2D eigenvalue weighted by Crippen LogP contribution is -2.52. The van der Waals surface area contributed by atoms with Crippen LogP contribution in [0, 0.1) is 0 Å². The highest BCUT2D eigenvalue weighted by molar-refractivity contribution is 7.90. The van der Waals surface area contributed by atoms with E-state index in [-0.39, 0.29) is 18.1 Å². The lowest BCUT2D eigenvalue weighted by molar-refractivity contribution is -0.120. The number of rotatable bonds is 7. The van der Waals surface area contributed by atoms with Crippen molar-refractivity contribution in [3.05, 3.63) is 83.4 Å². The molecular formula is C24H22ClN3O6S. The molecular weight excluding hydrogens is 494 g/mol. The van der Waals surface area contributed by atoms with Gasteiger partial charge in [0, 0.05) is 30.2 Å². The minimum Gasteiger partial charge on any atom is -0.454 e. The van der Waals surface area contributed by atoms with Crippen LogP contribution in [0.1, 0.15) is 5.56 Å². The van der Waals surface area contributed by atoms with Crippen molar-refractivity contribution in [1.82, 2.24) is 10.0 Å². The van der Waals surface area contributed by atoms with Crippen LogP contribution in [-0.2, 0) is 21.2 Å².